The van der Waals surface area contributed by atoms with E-state index in [1.165, 1.54) is 4.90 Å². The van der Waals surface area contributed by atoms with E-state index in [9.17, 15) is 9.59 Å². The average Bonchev–Trinajstić information content (AvgIpc) is 3.02. The molecule has 0 aromatic heterocycles. The number of benzene rings is 1. The summed E-state index contributed by atoms with van der Waals surface area (Å²) < 4.78 is 5.73. The number of nitrogens with zero attached hydrogens (tertiary/aromatic N) is 2. The summed E-state index contributed by atoms with van der Waals surface area (Å²) in [4.78, 5) is 27.3. The Kier molecular flexibility index (Phi) is 3.57. The molecule has 5 nitrogen and oxygen atoms in total. The molecule has 1 aromatic rings. The number of carbonyl (C=O) groups is 2. The fraction of sp³-hybridized carbons (Fsp3) is 0.500. The number of rotatable bonds is 4. The van der Waals surface area contributed by atoms with Gasteiger partial charge in [-0.05, 0) is 43.9 Å². The molecular formula is C16H20N2O3. The highest BCUT2D eigenvalue weighted by Crippen LogP contribution is 2.27. The summed E-state index contributed by atoms with van der Waals surface area (Å²) in [6, 6.07) is 5.63. The predicted octanol–water partition coefficient (Wildman–Crippen LogP) is 2.11. The van der Waals surface area contributed by atoms with Gasteiger partial charge in [0.05, 0.1) is 6.54 Å². The van der Waals surface area contributed by atoms with E-state index in [4.69, 9.17) is 4.74 Å². The van der Waals surface area contributed by atoms with E-state index in [2.05, 4.69) is 0 Å². The van der Waals surface area contributed by atoms with Crippen molar-refractivity contribution in [2.24, 2.45) is 0 Å². The van der Waals surface area contributed by atoms with Gasteiger partial charge in [0.25, 0.3) is 5.91 Å². The summed E-state index contributed by atoms with van der Waals surface area (Å²) in [7, 11) is 0. The lowest BCUT2D eigenvalue weighted by Gasteiger charge is -2.16. The van der Waals surface area contributed by atoms with Crippen LogP contribution in [0.2, 0.25) is 0 Å². The lowest BCUT2D eigenvalue weighted by atomic mass is 10.1. The van der Waals surface area contributed by atoms with Gasteiger partial charge in [-0.1, -0.05) is 12.1 Å². The Labute approximate surface area is 124 Å². The number of hydrogen-bond donors (Lipinski definition) is 0. The Bertz CT molecular complexity index is 563. The van der Waals surface area contributed by atoms with Gasteiger partial charge in [0.1, 0.15) is 18.4 Å². The molecule has 1 unspecified atom stereocenters. The molecule has 0 saturated carbocycles. The van der Waals surface area contributed by atoms with Crippen molar-refractivity contribution < 1.29 is 14.3 Å². The first-order valence-corrected chi connectivity index (χ1v) is 7.40. The summed E-state index contributed by atoms with van der Waals surface area (Å²) in [5.41, 5.74) is 2.19. The van der Waals surface area contributed by atoms with Gasteiger partial charge in [0.15, 0.2) is 0 Å². The molecule has 2 fully saturated rings. The van der Waals surface area contributed by atoms with Crippen molar-refractivity contribution in [3.05, 3.63) is 29.3 Å². The van der Waals surface area contributed by atoms with E-state index in [0.29, 0.717) is 19.7 Å². The van der Waals surface area contributed by atoms with Gasteiger partial charge >= 0.3 is 6.03 Å². The van der Waals surface area contributed by atoms with Crippen LogP contribution in [0.3, 0.4) is 0 Å². The number of hydrogen-bond acceptors (Lipinski definition) is 3. The molecule has 1 atom stereocenters. The fourth-order valence-electron chi connectivity index (χ4n) is 3.00. The number of carbonyl (C=O) groups excluding carboxylic acids is 2. The van der Waals surface area contributed by atoms with Gasteiger partial charge < -0.3 is 9.64 Å². The molecule has 21 heavy (non-hydrogen) atoms. The zero-order valence-corrected chi connectivity index (χ0v) is 12.5. The lowest BCUT2D eigenvalue weighted by Crippen LogP contribution is -2.36. The Balaban J connectivity index is 1.60. The van der Waals surface area contributed by atoms with Gasteiger partial charge in [-0.25, -0.2) is 4.79 Å². The number of fused-ring (bicyclic) bond motifs is 1. The van der Waals surface area contributed by atoms with Gasteiger partial charge in [0, 0.05) is 6.54 Å². The standard InChI is InChI=1S/C16H20N2O3/c1-11-5-6-12(2)14(10-11)21-9-8-18-15(19)13-4-3-7-17(13)16(18)20/h5-6,10,13H,3-4,7-9H2,1-2H3. The van der Waals surface area contributed by atoms with Crippen LogP contribution < -0.4 is 4.74 Å². The minimum absolute atomic E-state index is 0.0675. The smallest absolute Gasteiger partial charge is 0.327 e. The highest BCUT2D eigenvalue weighted by molar-refractivity contribution is 6.04. The molecule has 1 aromatic carbocycles. The number of imide groups is 1. The molecule has 2 heterocycles. The maximum Gasteiger partial charge on any atom is 0.327 e. The van der Waals surface area contributed by atoms with Crippen LogP contribution in [0.25, 0.3) is 0 Å². The molecule has 3 amide bonds. The monoisotopic (exact) mass is 288 g/mol. The molecule has 0 bridgehead atoms. The van der Waals surface area contributed by atoms with Crippen molar-refractivity contribution in [2.75, 3.05) is 19.7 Å². The van der Waals surface area contributed by atoms with Crippen molar-refractivity contribution in [1.82, 2.24) is 9.80 Å². The van der Waals surface area contributed by atoms with Crippen LogP contribution in [0.4, 0.5) is 4.79 Å². The predicted molar refractivity (Wildman–Crippen MR) is 78.2 cm³/mol. The molecule has 0 aliphatic carbocycles. The number of ether oxygens (including phenoxy) is 1. The average molecular weight is 288 g/mol. The highest BCUT2D eigenvalue weighted by atomic mass is 16.5. The maximum absolute atomic E-state index is 12.2. The minimum atomic E-state index is -0.224. The Morgan fingerprint density at radius 3 is 2.86 bits per heavy atom. The summed E-state index contributed by atoms with van der Waals surface area (Å²) >= 11 is 0. The van der Waals surface area contributed by atoms with Crippen LogP contribution in [0.1, 0.15) is 24.0 Å². The SMILES string of the molecule is Cc1ccc(C)c(OCCN2C(=O)C3CCCN3C2=O)c1. The number of urea groups is 1. The summed E-state index contributed by atoms with van der Waals surface area (Å²) in [6.07, 6.45) is 1.72. The van der Waals surface area contributed by atoms with Crippen molar-refractivity contribution in [2.45, 2.75) is 32.7 Å². The molecule has 0 radical (unpaired) electrons. The second kappa shape index (κ2) is 5.39. The Morgan fingerprint density at radius 2 is 2.10 bits per heavy atom. The molecule has 0 spiro atoms. The van der Waals surface area contributed by atoms with E-state index < -0.39 is 0 Å². The van der Waals surface area contributed by atoms with Gasteiger partial charge in [0.2, 0.25) is 0 Å². The first-order valence-electron chi connectivity index (χ1n) is 7.40. The zero-order chi connectivity index (χ0) is 15.0. The third-order valence-corrected chi connectivity index (χ3v) is 4.20. The summed E-state index contributed by atoms with van der Waals surface area (Å²) in [5.74, 6) is 0.747. The van der Waals surface area contributed by atoms with Gasteiger partial charge in [-0.3, -0.25) is 9.69 Å². The maximum atomic E-state index is 12.2. The quantitative estimate of drug-likeness (QED) is 0.797. The molecule has 3 rings (SSSR count). The molecule has 5 heteroatoms. The van der Waals surface area contributed by atoms with Gasteiger partial charge in [-0.15, -0.1) is 0 Å². The first-order chi connectivity index (χ1) is 10.1. The first kappa shape index (κ1) is 13.9. The molecule has 2 saturated heterocycles. The van der Waals surface area contributed by atoms with Crippen molar-refractivity contribution in [1.29, 1.82) is 0 Å². The fourth-order valence-corrected chi connectivity index (χ4v) is 3.00. The highest BCUT2D eigenvalue weighted by Gasteiger charge is 2.46. The largest absolute Gasteiger partial charge is 0.491 e. The molecule has 0 N–H and O–H groups in total. The Hall–Kier alpha value is -2.04. The number of aryl methyl sites for hydroxylation is 2. The zero-order valence-electron chi connectivity index (χ0n) is 12.5. The minimum Gasteiger partial charge on any atom is -0.491 e. The van der Waals surface area contributed by atoms with Crippen LogP contribution in [-0.4, -0.2) is 47.5 Å². The van der Waals surface area contributed by atoms with Crippen molar-refractivity contribution in [3.63, 3.8) is 0 Å². The van der Waals surface area contributed by atoms with Crippen LogP contribution >= 0.6 is 0 Å². The molecule has 2 aliphatic heterocycles. The Morgan fingerprint density at radius 1 is 1.29 bits per heavy atom. The van der Waals surface area contributed by atoms with Crippen molar-refractivity contribution in [3.8, 4) is 5.75 Å². The van der Waals surface area contributed by atoms with E-state index in [1.807, 2.05) is 32.0 Å². The van der Waals surface area contributed by atoms with E-state index in [0.717, 1.165) is 29.7 Å². The third-order valence-electron chi connectivity index (χ3n) is 4.20. The number of amides is 3. The second-order valence-corrected chi connectivity index (χ2v) is 5.74. The topological polar surface area (TPSA) is 49.9 Å². The van der Waals surface area contributed by atoms with Crippen LogP contribution in [-0.2, 0) is 4.79 Å². The second-order valence-electron chi connectivity index (χ2n) is 5.74. The van der Waals surface area contributed by atoms with Crippen LogP contribution in [0.5, 0.6) is 5.75 Å². The normalized spacial score (nSPS) is 21.1. The van der Waals surface area contributed by atoms with Crippen LogP contribution in [0.15, 0.2) is 18.2 Å². The van der Waals surface area contributed by atoms with E-state index >= 15 is 0 Å². The lowest BCUT2D eigenvalue weighted by molar-refractivity contribution is -0.128. The summed E-state index contributed by atoms with van der Waals surface area (Å²) in [6.45, 7) is 5.34. The van der Waals surface area contributed by atoms with Gasteiger partial charge in [-0.2, -0.15) is 0 Å². The summed E-state index contributed by atoms with van der Waals surface area (Å²) in [5, 5.41) is 0. The van der Waals surface area contributed by atoms with E-state index in [1.54, 1.807) is 4.90 Å². The molecule has 112 valence electrons. The van der Waals surface area contributed by atoms with Crippen molar-refractivity contribution >= 4 is 11.9 Å². The van der Waals surface area contributed by atoms with Crippen LogP contribution in [0, 0.1) is 13.8 Å². The molecular weight excluding hydrogens is 268 g/mol. The van der Waals surface area contributed by atoms with E-state index in [-0.39, 0.29) is 18.0 Å². The third kappa shape index (κ3) is 2.48. The molecule has 2 aliphatic rings.